The van der Waals surface area contributed by atoms with Crippen molar-refractivity contribution >= 4 is 28.7 Å². The highest BCUT2D eigenvalue weighted by atomic mass is 32.1. The summed E-state index contributed by atoms with van der Waals surface area (Å²) >= 11 is 5.04. The van der Waals surface area contributed by atoms with Crippen LogP contribution in [0.4, 0.5) is 28.9 Å². The predicted molar refractivity (Wildman–Crippen MR) is 89.0 cm³/mol. The molecule has 0 radical (unpaired) electrons. The molecule has 2 aromatic carbocycles. The van der Waals surface area contributed by atoms with Crippen LogP contribution in [0, 0.1) is 12.7 Å². The van der Waals surface area contributed by atoms with Gasteiger partial charge in [-0.1, -0.05) is 6.07 Å². The Kier molecular flexibility index (Phi) is 5.28. The van der Waals surface area contributed by atoms with Gasteiger partial charge in [-0.05, 0) is 55.0 Å². The molecule has 2 rings (SSSR count). The molecule has 0 fully saturated rings. The van der Waals surface area contributed by atoms with E-state index in [1.807, 2.05) is 13.0 Å². The number of ether oxygens (including phenoxy) is 1. The zero-order chi connectivity index (χ0) is 17.9. The summed E-state index contributed by atoms with van der Waals surface area (Å²) < 4.78 is 57.0. The number of anilines is 2. The van der Waals surface area contributed by atoms with Crippen molar-refractivity contribution in [2.24, 2.45) is 0 Å². The third kappa shape index (κ3) is 4.35. The minimum absolute atomic E-state index is 0.0582. The molecule has 0 atom stereocenters. The number of rotatable bonds is 3. The zero-order valence-corrected chi connectivity index (χ0v) is 13.6. The van der Waals surface area contributed by atoms with Crippen molar-refractivity contribution in [3.8, 4) is 5.75 Å². The minimum Gasteiger partial charge on any atom is -0.495 e. The summed E-state index contributed by atoms with van der Waals surface area (Å²) in [4.78, 5) is 0. The highest BCUT2D eigenvalue weighted by molar-refractivity contribution is 7.80. The van der Waals surface area contributed by atoms with Crippen molar-refractivity contribution in [2.45, 2.75) is 13.1 Å². The van der Waals surface area contributed by atoms with Gasteiger partial charge in [0.1, 0.15) is 11.6 Å². The van der Waals surface area contributed by atoms with Crippen LogP contribution in [-0.4, -0.2) is 12.2 Å². The van der Waals surface area contributed by atoms with E-state index in [0.717, 1.165) is 11.6 Å². The smallest absolute Gasteiger partial charge is 0.416 e. The van der Waals surface area contributed by atoms with Gasteiger partial charge >= 0.3 is 6.18 Å². The number of benzene rings is 2. The fourth-order valence-corrected chi connectivity index (χ4v) is 2.21. The number of hydrogen-bond donors (Lipinski definition) is 2. The van der Waals surface area contributed by atoms with Gasteiger partial charge in [-0.3, -0.25) is 0 Å². The Morgan fingerprint density at radius 2 is 1.71 bits per heavy atom. The minimum atomic E-state index is -4.57. The van der Waals surface area contributed by atoms with Crippen LogP contribution in [0.25, 0.3) is 0 Å². The van der Waals surface area contributed by atoms with Gasteiger partial charge in [-0.2, -0.15) is 13.2 Å². The van der Waals surface area contributed by atoms with Gasteiger partial charge in [0.25, 0.3) is 0 Å². The average molecular weight is 358 g/mol. The molecule has 24 heavy (non-hydrogen) atoms. The van der Waals surface area contributed by atoms with Crippen molar-refractivity contribution in [3.63, 3.8) is 0 Å². The third-order valence-electron chi connectivity index (χ3n) is 3.15. The Balaban J connectivity index is 2.20. The molecule has 8 heteroatoms. The molecule has 2 N–H and O–H groups in total. The quantitative estimate of drug-likeness (QED) is 0.600. The van der Waals surface area contributed by atoms with Crippen LogP contribution in [-0.2, 0) is 6.18 Å². The zero-order valence-electron chi connectivity index (χ0n) is 12.8. The molecule has 0 bridgehead atoms. The summed E-state index contributed by atoms with van der Waals surface area (Å²) in [5.41, 5.74) is 0.102. The van der Waals surface area contributed by atoms with Crippen LogP contribution < -0.4 is 15.4 Å². The van der Waals surface area contributed by atoms with Gasteiger partial charge in [0.2, 0.25) is 0 Å². The summed E-state index contributed by atoms with van der Waals surface area (Å²) in [6, 6.07) is 7.35. The summed E-state index contributed by atoms with van der Waals surface area (Å²) in [7, 11) is 1.47. The van der Waals surface area contributed by atoms with Gasteiger partial charge in [0.05, 0.1) is 24.0 Å². The molecule has 0 saturated carbocycles. The average Bonchev–Trinajstić information content (AvgIpc) is 2.48. The van der Waals surface area contributed by atoms with Crippen molar-refractivity contribution in [1.82, 2.24) is 0 Å². The van der Waals surface area contributed by atoms with E-state index in [9.17, 15) is 17.6 Å². The molecule has 0 aliphatic carbocycles. The normalized spacial score (nSPS) is 11.1. The summed E-state index contributed by atoms with van der Waals surface area (Å²) in [5, 5.41) is 5.16. The molecule has 0 amide bonds. The molecule has 0 saturated heterocycles. The molecule has 128 valence electrons. The maximum atomic E-state index is 13.7. The van der Waals surface area contributed by atoms with E-state index in [4.69, 9.17) is 17.0 Å². The van der Waals surface area contributed by atoms with Gasteiger partial charge in [0, 0.05) is 0 Å². The Morgan fingerprint density at radius 1 is 1.04 bits per heavy atom. The highest BCUT2D eigenvalue weighted by Gasteiger charge is 2.31. The van der Waals surface area contributed by atoms with E-state index >= 15 is 0 Å². The first kappa shape index (κ1) is 18.0. The lowest BCUT2D eigenvalue weighted by atomic mass is 10.2. The van der Waals surface area contributed by atoms with Gasteiger partial charge in [0.15, 0.2) is 5.11 Å². The molecule has 3 nitrogen and oxygen atoms in total. The largest absolute Gasteiger partial charge is 0.495 e. The van der Waals surface area contributed by atoms with Crippen LogP contribution in [0.3, 0.4) is 0 Å². The van der Waals surface area contributed by atoms with E-state index < -0.39 is 17.6 Å². The maximum absolute atomic E-state index is 13.7. The molecule has 0 spiro atoms. The van der Waals surface area contributed by atoms with Crippen molar-refractivity contribution in [2.75, 3.05) is 17.7 Å². The molecule has 0 heterocycles. The van der Waals surface area contributed by atoms with Crippen molar-refractivity contribution in [3.05, 3.63) is 53.3 Å². The van der Waals surface area contributed by atoms with E-state index in [2.05, 4.69) is 10.6 Å². The van der Waals surface area contributed by atoms with E-state index in [1.165, 1.54) is 7.11 Å². The number of hydrogen-bond acceptors (Lipinski definition) is 2. The fourth-order valence-electron chi connectivity index (χ4n) is 1.99. The van der Waals surface area contributed by atoms with E-state index in [0.29, 0.717) is 23.6 Å². The van der Waals surface area contributed by atoms with Crippen LogP contribution >= 0.6 is 12.2 Å². The Bertz CT molecular complexity index is 762. The first-order valence-electron chi connectivity index (χ1n) is 6.80. The number of nitrogens with one attached hydrogen (secondary N) is 2. The second kappa shape index (κ2) is 7.04. The third-order valence-corrected chi connectivity index (χ3v) is 3.35. The first-order valence-corrected chi connectivity index (χ1v) is 7.21. The summed E-state index contributed by atoms with van der Waals surface area (Å²) in [6.07, 6.45) is -4.57. The number of aryl methyl sites for hydroxylation is 1. The number of methoxy groups -OCH3 is 1. The van der Waals surface area contributed by atoms with Gasteiger partial charge in [-0.25, -0.2) is 4.39 Å². The molecular formula is C16H14F4N2OS. The van der Waals surface area contributed by atoms with Gasteiger partial charge < -0.3 is 15.4 Å². The molecule has 0 aliphatic rings. The molecule has 0 unspecified atom stereocenters. The summed E-state index contributed by atoms with van der Waals surface area (Å²) in [5.74, 6) is -0.349. The SMILES string of the molecule is COc1ccc(C)cc1NC(=S)Nc1cc(C(F)(F)F)ccc1F. The predicted octanol–water partition coefficient (Wildman–Crippen LogP) is 4.97. The van der Waals surface area contributed by atoms with E-state index in [1.54, 1.807) is 12.1 Å². The maximum Gasteiger partial charge on any atom is 0.416 e. The number of thiocarbonyl (C=S) groups is 1. The Hall–Kier alpha value is -2.35. The lowest BCUT2D eigenvalue weighted by Gasteiger charge is -2.15. The monoisotopic (exact) mass is 358 g/mol. The molecular weight excluding hydrogens is 344 g/mol. The van der Waals surface area contributed by atoms with Gasteiger partial charge in [-0.15, -0.1) is 0 Å². The molecule has 0 aliphatic heterocycles. The second-order valence-electron chi connectivity index (χ2n) is 4.98. The van der Waals surface area contributed by atoms with Crippen LogP contribution in [0.2, 0.25) is 0 Å². The number of halogens is 4. The van der Waals surface area contributed by atoms with Crippen molar-refractivity contribution < 1.29 is 22.3 Å². The van der Waals surface area contributed by atoms with Crippen LogP contribution in [0.5, 0.6) is 5.75 Å². The topological polar surface area (TPSA) is 33.3 Å². The Morgan fingerprint density at radius 3 is 2.33 bits per heavy atom. The standard InChI is InChI=1S/C16H14F4N2OS/c1-9-3-6-14(23-2)13(7-9)22-15(24)21-12-8-10(16(18,19)20)4-5-11(12)17/h3-8H,1-2H3,(H2,21,22,24). The second-order valence-corrected chi connectivity index (χ2v) is 5.38. The van der Waals surface area contributed by atoms with Crippen molar-refractivity contribution in [1.29, 1.82) is 0 Å². The van der Waals surface area contributed by atoms with Crippen LogP contribution in [0.15, 0.2) is 36.4 Å². The summed E-state index contributed by atoms with van der Waals surface area (Å²) in [6.45, 7) is 1.85. The lowest BCUT2D eigenvalue weighted by molar-refractivity contribution is -0.137. The first-order chi connectivity index (χ1) is 11.2. The molecule has 0 aromatic heterocycles. The van der Waals surface area contributed by atoms with E-state index in [-0.39, 0.29) is 10.8 Å². The highest BCUT2D eigenvalue weighted by Crippen LogP contribution is 2.32. The fraction of sp³-hybridized carbons (Fsp3) is 0.188. The number of alkyl halides is 3. The van der Waals surface area contributed by atoms with Crippen LogP contribution in [0.1, 0.15) is 11.1 Å². The lowest BCUT2D eigenvalue weighted by Crippen LogP contribution is -2.20. The molecule has 2 aromatic rings. The Labute approximate surface area is 141 Å².